The highest BCUT2D eigenvalue weighted by molar-refractivity contribution is 7.92. The van der Waals surface area contributed by atoms with Crippen molar-refractivity contribution < 1.29 is 8.42 Å². The lowest BCUT2D eigenvalue weighted by molar-refractivity contribution is 0.600. The van der Waals surface area contributed by atoms with Crippen molar-refractivity contribution in [2.45, 2.75) is 6.42 Å². The van der Waals surface area contributed by atoms with E-state index in [1.807, 2.05) is 48.5 Å². The summed E-state index contributed by atoms with van der Waals surface area (Å²) >= 11 is 0. The lowest BCUT2D eigenvalue weighted by atomic mass is 10.1. The molecule has 0 saturated carbocycles. The minimum Gasteiger partial charge on any atom is -0.284 e. The molecule has 0 saturated heterocycles. The van der Waals surface area contributed by atoms with Crippen LogP contribution in [0.25, 0.3) is 11.3 Å². The Morgan fingerprint density at radius 3 is 2.57 bits per heavy atom. The van der Waals surface area contributed by atoms with Gasteiger partial charge in [-0.25, -0.2) is 8.42 Å². The van der Waals surface area contributed by atoms with E-state index < -0.39 is 10.0 Å². The third-order valence-corrected chi connectivity index (χ3v) is 4.74. The summed E-state index contributed by atoms with van der Waals surface area (Å²) in [6, 6.07) is 18.6. The van der Waals surface area contributed by atoms with Crippen molar-refractivity contribution in [2.24, 2.45) is 0 Å². The maximum atomic E-state index is 12.2. The number of nitrogens with zero attached hydrogens (tertiary/aromatic N) is 1. The second-order valence-corrected chi connectivity index (χ2v) is 7.05. The van der Waals surface area contributed by atoms with E-state index in [0.29, 0.717) is 12.1 Å². The highest BCUT2D eigenvalue weighted by atomic mass is 32.2. The molecule has 1 heterocycles. The van der Waals surface area contributed by atoms with E-state index in [2.05, 4.69) is 14.9 Å². The van der Waals surface area contributed by atoms with Gasteiger partial charge in [-0.3, -0.25) is 9.82 Å². The third kappa shape index (κ3) is 4.20. The predicted molar refractivity (Wildman–Crippen MR) is 91.6 cm³/mol. The number of benzene rings is 2. The van der Waals surface area contributed by atoms with E-state index in [-0.39, 0.29) is 5.75 Å². The lowest BCUT2D eigenvalue weighted by Gasteiger charge is -2.09. The van der Waals surface area contributed by atoms with E-state index in [1.165, 1.54) is 0 Å². The molecule has 6 heteroatoms. The Balaban J connectivity index is 1.69. The van der Waals surface area contributed by atoms with E-state index in [9.17, 15) is 8.42 Å². The molecule has 2 N–H and O–H groups in total. The molecule has 1 aromatic heterocycles. The Kier molecular flexibility index (Phi) is 4.43. The van der Waals surface area contributed by atoms with Gasteiger partial charge in [-0.2, -0.15) is 5.10 Å². The minimum atomic E-state index is -3.39. The largest absolute Gasteiger partial charge is 0.284 e. The van der Waals surface area contributed by atoms with Crippen LogP contribution in [0.1, 0.15) is 5.56 Å². The zero-order valence-corrected chi connectivity index (χ0v) is 13.3. The van der Waals surface area contributed by atoms with Gasteiger partial charge in [0.2, 0.25) is 10.0 Å². The van der Waals surface area contributed by atoms with Gasteiger partial charge in [-0.1, -0.05) is 42.5 Å². The van der Waals surface area contributed by atoms with E-state index in [4.69, 9.17) is 0 Å². The average molecular weight is 327 g/mol. The molecule has 5 nitrogen and oxygen atoms in total. The van der Waals surface area contributed by atoms with Crippen LogP contribution in [0.2, 0.25) is 0 Å². The maximum absolute atomic E-state index is 12.2. The van der Waals surface area contributed by atoms with Gasteiger partial charge in [0.15, 0.2) is 0 Å². The number of H-pyrrole nitrogens is 1. The number of aromatic amines is 1. The number of rotatable bonds is 6. The van der Waals surface area contributed by atoms with Crippen molar-refractivity contribution in [1.82, 2.24) is 10.2 Å². The van der Waals surface area contributed by atoms with Crippen molar-refractivity contribution in [3.63, 3.8) is 0 Å². The molecular weight excluding hydrogens is 310 g/mol. The van der Waals surface area contributed by atoms with Gasteiger partial charge in [0.25, 0.3) is 0 Å². The van der Waals surface area contributed by atoms with Gasteiger partial charge >= 0.3 is 0 Å². The number of aromatic nitrogens is 2. The minimum absolute atomic E-state index is 0.0469. The molecule has 0 aliphatic rings. The molecule has 0 amide bonds. The van der Waals surface area contributed by atoms with Crippen LogP contribution in [0.15, 0.2) is 66.9 Å². The highest BCUT2D eigenvalue weighted by Crippen LogP contribution is 2.21. The van der Waals surface area contributed by atoms with Crippen molar-refractivity contribution in [2.75, 3.05) is 10.5 Å². The van der Waals surface area contributed by atoms with Gasteiger partial charge in [0.05, 0.1) is 11.4 Å². The number of hydrogen-bond donors (Lipinski definition) is 2. The van der Waals surface area contributed by atoms with Crippen LogP contribution in [-0.4, -0.2) is 24.4 Å². The summed E-state index contributed by atoms with van der Waals surface area (Å²) < 4.78 is 27.1. The fourth-order valence-corrected chi connectivity index (χ4v) is 3.39. The number of hydrogen-bond acceptors (Lipinski definition) is 3. The molecule has 0 aliphatic heterocycles. The molecule has 0 radical (unpaired) electrons. The summed E-state index contributed by atoms with van der Waals surface area (Å²) in [6.07, 6.45) is 2.14. The molecule has 0 unspecified atom stereocenters. The Hall–Kier alpha value is -2.60. The zero-order valence-electron chi connectivity index (χ0n) is 12.4. The fraction of sp³-hybridized carbons (Fsp3) is 0.118. The molecule has 3 rings (SSSR count). The second kappa shape index (κ2) is 6.66. The first-order valence-corrected chi connectivity index (χ1v) is 8.92. The van der Waals surface area contributed by atoms with Gasteiger partial charge in [-0.05, 0) is 30.2 Å². The summed E-state index contributed by atoms with van der Waals surface area (Å²) in [6.45, 7) is 0. The van der Waals surface area contributed by atoms with Crippen molar-refractivity contribution in [3.05, 3.63) is 72.4 Å². The summed E-state index contributed by atoms with van der Waals surface area (Å²) in [4.78, 5) is 0. The van der Waals surface area contributed by atoms with Gasteiger partial charge in [0.1, 0.15) is 0 Å². The maximum Gasteiger partial charge on any atom is 0.233 e. The van der Waals surface area contributed by atoms with Crippen molar-refractivity contribution in [3.8, 4) is 11.3 Å². The first-order chi connectivity index (χ1) is 11.1. The first-order valence-electron chi connectivity index (χ1n) is 7.27. The molecule has 0 fully saturated rings. The standard InChI is InChI=1S/C17H17N3O2S/c21-23(22,12-10-14-5-2-1-3-6-14)20-16-8-4-7-15(13-16)17-9-11-18-19-17/h1-9,11,13,20H,10,12H2,(H,18,19). The number of nitrogens with one attached hydrogen (secondary N) is 2. The van der Waals surface area contributed by atoms with Crippen LogP contribution in [0.5, 0.6) is 0 Å². The molecule has 0 spiro atoms. The fourth-order valence-electron chi connectivity index (χ4n) is 2.29. The van der Waals surface area contributed by atoms with Gasteiger partial charge in [-0.15, -0.1) is 0 Å². The van der Waals surface area contributed by atoms with Crippen molar-refractivity contribution in [1.29, 1.82) is 0 Å². The lowest BCUT2D eigenvalue weighted by Crippen LogP contribution is -2.18. The highest BCUT2D eigenvalue weighted by Gasteiger charge is 2.11. The topological polar surface area (TPSA) is 74.8 Å². The molecule has 0 aliphatic carbocycles. The molecular formula is C17H17N3O2S. The number of aryl methyl sites for hydroxylation is 1. The predicted octanol–water partition coefficient (Wildman–Crippen LogP) is 3.06. The van der Waals surface area contributed by atoms with Crippen LogP contribution in [0.3, 0.4) is 0 Å². The average Bonchev–Trinajstić information content (AvgIpc) is 3.08. The van der Waals surface area contributed by atoms with Crippen LogP contribution in [0.4, 0.5) is 5.69 Å². The third-order valence-electron chi connectivity index (χ3n) is 3.45. The van der Waals surface area contributed by atoms with Gasteiger partial charge < -0.3 is 0 Å². The molecule has 0 atom stereocenters. The van der Waals surface area contributed by atoms with Crippen LogP contribution in [-0.2, 0) is 16.4 Å². The smallest absolute Gasteiger partial charge is 0.233 e. The molecule has 2 aromatic carbocycles. The van der Waals surface area contributed by atoms with E-state index in [1.54, 1.807) is 18.3 Å². The van der Waals surface area contributed by atoms with Crippen LogP contribution < -0.4 is 4.72 Å². The quantitative estimate of drug-likeness (QED) is 0.730. The summed E-state index contributed by atoms with van der Waals surface area (Å²) in [5.74, 6) is 0.0469. The first kappa shape index (κ1) is 15.3. The number of anilines is 1. The Morgan fingerprint density at radius 1 is 1.00 bits per heavy atom. The Morgan fingerprint density at radius 2 is 1.83 bits per heavy atom. The molecule has 0 bridgehead atoms. The summed E-state index contributed by atoms with van der Waals surface area (Å²) in [5.41, 5.74) is 3.27. The van der Waals surface area contributed by atoms with Crippen LogP contribution in [0, 0.1) is 0 Å². The molecule has 23 heavy (non-hydrogen) atoms. The second-order valence-electron chi connectivity index (χ2n) is 5.21. The Labute approximate surface area is 135 Å². The number of sulfonamides is 1. The normalized spacial score (nSPS) is 11.3. The van der Waals surface area contributed by atoms with E-state index in [0.717, 1.165) is 16.8 Å². The van der Waals surface area contributed by atoms with Crippen molar-refractivity contribution >= 4 is 15.7 Å². The Bertz CT molecular complexity index is 860. The zero-order chi connectivity index (χ0) is 16.1. The molecule has 3 aromatic rings. The SMILES string of the molecule is O=S(=O)(CCc1ccccc1)Nc1cccc(-c2ccn[nH]2)c1. The molecule has 118 valence electrons. The summed E-state index contributed by atoms with van der Waals surface area (Å²) in [7, 11) is -3.39. The van der Waals surface area contributed by atoms with E-state index >= 15 is 0 Å². The monoisotopic (exact) mass is 327 g/mol. The van der Waals surface area contributed by atoms with Crippen LogP contribution >= 0.6 is 0 Å². The summed E-state index contributed by atoms with van der Waals surface area (Å²) in [5, 5.41) is 6.77. The van der Waals surface area contributed by atoms with Gasteiger partial charge in [0, 0.05) is 17.4 Å².